The number of benzene rings is 1. The van der Waals surface area contributed by atoms with E-state index in [2.05, 4.69) is 22.7 Å². The van der Waals surface area contributed by atoms with E-state index >= 15 is 0 Å². The average Bonchev–Trinajstić information content (AvgIpc) is 3.01. The third kappa shape index (κ3) is 4.83. The van der Waals surface area contributed by atoms with Crippen molar-refractivity contribution >= 4 is 6.03 Å². The predicted molar refractivity (Wildman–Crippen MR) is 93.4 cm³/mol. The smallest absolute Gasteiger partial charge is 0.315 e. The number of aliphatic hydroxyl groups is 1. The number of hydrogen-bond acceptors (Lipinski definition) is 3. The van der Waals surface area contributed by atoms with Gasteiger partial charge in [0.2, 0.25) is 0 Å². The number of urea groups is 1. The maximum atomic E-state index is 12.2. The highest BCUT2D eigenvalue weighted by atomic mass is 16.3. The fourth-order valence-electron chi connectivity index (χ4n) is 2.56. The Hall–Kier alpha value is -2.34. The van der Waals surface area contributed by atoms with Crippen LogP contribution in [0, 0.1) is 0 Å². The van der Waals surface area contributed by atoms with E-state index in [4.69, 9.17) is 0 Å². The van der Waals surface area contributed by atoms with Crippen LogP contribution in [0.1, 0.15) is 43.9 Å². The molecule has 2 atom stereocenters. The SMILES string of the molecule is CCC[C@H](NC(=O)NC[C@@](C)(O)c1cnn(C)c1)c1ccccc1. The topological polar surface area (TPSA) is 79.2 Å². The fraction of sp³-hybridized carbons (Fsp3) is 0.444. The van der Waals surface area contributed by atoms with Gasteiger partial charge in [0.1, 0.15) is 5.60 Å². The number of carbonyl (C=O) groups excluding carboxylic acids is 1. The Morgan fingerprint density at radius 3 is 2.67 bits per heavy atom. The zero-order valence-corrected chi connectivity index (χ0v) is 14.5. The molecular weight excluding hydrogens is 304 g/mol. The summed E-state index contributed by atoms with van der Waals surface area (Å²) in [6.07, 6.45) is 5.16. The number of hydrogen-bond donors (Lipinski definition) is 3. The number of nitrogens with one attached hydrogen (secondary N) is 2. The summed E-state index contributed by atoms with van der Waals surface area (Å²) >= 11 is 0. The van der Waals surface area contributed by atoms with Crippen molar-refractivity contribution in [3.63, 3.8) is 0 Å². The summed E-state index contributed by atoms with van der Waals surface area (Å²) in [5.74, 6) is 0. The van der Waals surface area contributed by atoms with E-state index < -0.39 is 5.60 Å². The zero-order valence-electron chi connectivity index (χ0n) is 14.5. The van der Waals surface area contributed by atoms with Crippen molar-refractivity contribution in [1.29, 1.82) is 0 Å². The van der Waals surface area contributed by atoms with Crippen molar-refractivity contribution in [2.75, 3.05) is 6.54 Å². The highest BCUT2D eigenvalue weighted by Crippen LogP contribution is 2.20. The van der Waals surface area contributed by atoms with Crippen LogP contribution in [0.5, 0.6) is 0 Å². The van der Waals surface area contributed by atoms with E-state index in [9.17, 15) is 9.90 Å². The lowest BCUT2D eigenvalue weighted by Gasteiger charge is -2.24. The quantitative estimate of drug-likeness (QED) is 0.730. The standard InChI is InChI=1S/C18H26N4O2/c1-4-8-16(14-9-6-5-7-10-14)21-17(23)19-13-18(2,24)15-11-20-22(3)12-15/h5-7,9-12,16,24H,4,8,13H2,1-3H3,(H2,19,21,23)/t16-,18+/m0/s1. The minimum atomic E-state index is -1.17. The first kappa shape index (κ1) is 18.0. The van der Waals surface area contributed by atoms with Crippen molar-refractivity contribution in [3.05, 3.63) is 53.9 Å². The Kier molecular flexibility index (Phi) is 5.98. The lowest BCUT2D eigenvalue weighted by atomic mass is 10.00. The summed E-state index contributed by atoms with van der Waals surface area (Å²) in [7, 11) is 1.79. The van der Waals surface area contributed by atoms with E-state index in [1.54, 1.807) is 31.0 Å². The summed E-state index contributed by atoms with van der Waals surface area (Å²) in [5, 5.41) is 20.3. The molecule has 0 aliphatic carbocycles. The van der Waals surface area contributed by atoms with Gasteiger partial charge in [0.15, 0.2) is 0 Å². The molecule has 0 bridgehead atoms. The molecule has 6 heteroatoms. The van der Waals surface area contributed by atoms with E-state index in [0.717, 1.165) is 18.4 Å². The Morgan fingerprint density at radius 2 is 2.08 bits per heavy atom. The van der Waals surface area contributed by atoms with Crippen LogP contribution >= 0.6 is 0 Å². The summed E-state index contributed by atoms with van der Waals surface area (Å²) in [5.41, 5.74) is 0.575. The van der Waals surface area contributed by atoms with Crippen molar-refractivity contribution in [3.8, 4) is 0 Å². The number of amides is 2. The van der Waals surface area contributed by atoms with Gasteiger partial charge in [-0.1, -0.05) is 43.7 Å². The highest BCUT2D eigenvalue weighted by Gasteiger charge is 2.25. The number of nitrogens with zero attached hydrogens (tertiary/aromatic N) is 2. The summed E-state index contributed by atoms with van der Waals surface area (Å²) in [4.78, 5) is 12.2. The van der Waals surface area contributed by atoms with Gasteiger partial charge < -0.3 is 15.7 Å². The minimum absolute atomic E-state index is 0.0421. The van der Waals surface area contributed by atoms with E-state index in [1.807, 2.05) is 30.3 Å². The number of aryl methyl sites for hydroxylation is 1. The molecule has 2 rings (SSSR count). The van der Waals surface area contributed by atoms with Crippen LogP contribution in [0.4, 0.5) is 4.79 Å². The second kappa shape index (κ2) is 7.97. The van der Waals surface area contributed by atoms with Gasteiger partial charge in [0, 0.05) is 18.8 Å². The first-order chi connectivity index (χ1) is 11.4. The molecule has 0 spiro atoms. The number of aromatic nitrogens is 2. The maximum Gasteiger partial charge on any atom is 0.315 e. The normalized spacial score (nSPS) is 14.7. The number of rotatable bonds is 7. The van der Waals surface area contributed by atoms with Crippen molar-refractivity contribution in [2.24, 2.45) is 7.05 Å². The molecular formula is C18H26N4O2. The molecule has 0 aliphatic rings. The summed E-state index contributed by atoms with van der Waals surface area (Å²) < 4.78 is 1.62. The van der Waals surface area contributed by atoms with Gasteiger partial charge in [0.25, 0.3) is 0 Å². The molecule has 0 saturated heterocycles. The predicted octanol–water partition coefficient (Wildman–Crippen LogP) is 2.47. The molecule has 2 aromatic rings. The molecule has 0 unspecified atom stereocenters. The van der Waals surface area contributed by atoms with E-state index in [-0.39, 0.29) is 18.6 Å². The molecule has 1 aromatic heterocycles. The third-order valence-corrected chi connectivity index (χ3v) is 4.00. The van der Waals surface area contributed by atoms with Crippen LogP contribution < -0.4 is 10.6 Å². The Balaban J connectivity index is 1.93. The van der Waals surface area contributed by atoms with Crippen molar-refractivity contribution < 1.29 is 9.90 Å². The molecule has 0 radical (unpaired) electrons. The van der Waals surface area contributed by atoms with Crippen LogP contribution in [0.15, 0.2) is 42.7 Å². The fourth-order valence-corrected chi connectivity index (χ4v) is 2.56. The molecule has 130 valence electrons. The Morgan fingerprint density at radius 1 is 1.38 bits per heavy atom. The lowest BCUT2D eigenvalue weighted by Crippen LogP contribution is -2.44. The largest absolute Gasteiger partial charge is 0.383 e. The third-order valence-electron chi connectivity index (χ3n) is 4.00. The van der Waals surface area contributed by atoms with Gasteiger partial charge in [0.05, 0.1) is 18.8 Å². The monoisotopic (exact) mass is 330 g/mol. The van der Waals surface area contributed by atoms with Crippen LogP contribution in [0.3, 0.4) is 0 Å². The first-order valence-electron chi connectivity index (χ1n) is 8.23. The number of carbonyl (C=O) groups is 1. The molecule has 0 aliphatic heterocycles. The van der Waals surface area contributed by atoms with Crippen molar-refractivity contribution in [1.82, 2.24) is 20.4 Å². The van der Waals surface area contributed by atoms with Crippen molar-refractivity contribution in [2.45, 2.75) is 38.3 Å². The molecule has 0 saturated carbocycles. The van der Waals surface area contributed by atoms with E-state index in [0.29, 0.717) is 5.56 Å². The van der Waals surface area contributed by atoms with Crippen LogP contribution in [-0.2, 0) is 12.6 Å². The first-order valence-corrected chi connectivity index (χ1v) is 8.23. The van der Waals surface area contributed by atoms with Gasteiger partial charge in [-0.05, 0) is 18.9 Å². The van der Waals surface area contributed by atoms with Crippen LogP contribution in [0.2, 0.25) is 0 Å². The van der Waals surface area contributed by atoms with Gasteiger partial charge in [-0.25, -0.2) is 4.79 Å². The molecule has 1 heterocycles. The Labute approximate surface area is 142 Å². The second-order valence-corrected chi connectivity index (χ2v) is 6.26. The molecule has 0 fully saturated rings. The Bertz CT molecular complexity index is 652. The maximum absolute atomic E-state index is 12.2. The van der Waals surface area contributed by atoms with E-state index in [1.165, 1.54) is 0 Å². The molecule has 1 aromatic carbocycles. The summed E-state index contributed by atoms with van der Waals surface area (Å²) in [6, 6.07) is 9.56. The van der Waals surface area contributed by atoms with Gasteiger partial charge >= 0.3 is 6.03 Å². The molecule has 24 heavy (non-hydrogen) atoms. The second-order valence-electron chi connectivity index (χ2n) is 6.26. The van der Waals surface area contributed by atoms with Gasteiger partial charge in [-0.15, -0.1) is 0 Å². The zero-order chi connectivity index (χ0) is 17.6. The lowest BCUT2D eigenvalue weighted by molar-refractivity contribution is 0.0591. The van der Waals surface area contributed by atoms with Crippen LogP contribution in [-0.4, -0.2) is 27.5 Å². The van der Waals surface area contributed by atoms with Gasteiger partial charge in [-0.3, -0.25) is 4.68 Å². The minimum Gasteiger partial charge on any atom is -0.383 e. The van der Waals surface area contributed by atoms with Crippen LogP contribution in [0.25, 0.3) is 0 Å². The highest BCUT2D eigenvalue weighted by molar-refractivity contribution is 5.74. The van der Waals surface area contributed by atoms with Gasteiger partial charge in [-0.2, -0.15) is 5.10 Å². The molecule has 6 nitrogen and oxygen atoms in total. The summed E-state index contributed by atoms with van der Waals surface area (Å²) in [6.45, 7) is 3.85. The average molecular weight is 330 g/mol. The molecule has 3 N–H and O–H groups in total. The molecule has 2 amide bonds.